The van der Waals surface area contributed by atoms with Crippen molar-refractivity contribution in [3.8, 4) is 5.75 Å². The number of piperazine rings is 1. The van der Waals surface area contributed by atoms with E-state index in [-0.39, 0.29) is 11.7 Å². The van der Waals surface area contributed by atoms with Crippen molar-refractivity contribution in [1.82, 2.24) is 0 Å². The van der Waals surface area contributed by atoms with Crippen LogP contribution in [0.4, 0.5) is 18.9 Å². The summed E-state index contributed by atoms with van der Waals surface area (Å²) in [6, 6.07) is 5.18. The van der Waals surface area contributed by atoms with Crippen LogP contribution in [0.3, 0.4) is 0 Å². The first-order valence-electron chi connectivity index (χ1n) is 9.82. The molecule has 3 N–H and O–H groups in total. The zero-order valence-electron chi connectivity index (χ0n) is 15.8. The Morgan fingerprint density at radius 2 is 1.79 bits per heavy atom. The van der Waals surface area contributed by atoms with Gasteiger partial charge in [-0.2, -0.15) is 0 Å². The number of carbonyl (C=O) groups is 1. The van der Waals surface area contributed by atoms with Crippen molar-refractivity contribution in [2.75, 3.05) is 51.2 Å². The second-order valence-corrected chi connectivity index (χ2v) is 7.49. The van der Waals surface area contributed by atoms with Crippen LogP contribution in [0.15, 0.2) is 24.3 Å². The van der Waals surface area contributed by atoms with Gasteiger partial charge in [0.1, 0.15) is 44.6 Å². The molecule has 0 saturated carbocycles. The molecule has 3 rings (SSSR count). The number of carbonyl (C=O) groups excluding carboxylic acids is 1. The van der Waals surface area contributed by atoms with Crippen LogP contribution in [0.2, 0.25) is 0 Å². The number of hydrogen-bond acceptors (Lipinski definition) is 3. The molecule has 0 aliphatic carbocycles. The largest absolute Gasteiger partial charge is 0.573 e. The van der Waals surface area contributed by atoms with Crippen LogP contribution in [0, 0.1) is 0 Å². The lowest BCUT2D eigenvalue weighted by Gasteiger charge is -2.32. The van der Waals surface area contributed by atoms with E-state index in [1.165, 1.54) is 40.5 Å². The van der Waals surface area contributed by atoms with E-state index in [1.807, 2.05) is 0 Å². The Labute approximate surface area is 162 Å². The minimum Gasteiger partial charge on any atom is -0.406 e. The summed E-state index contributed by atoms with van der Waals surface area (Å²) >= 11 is 0. The molecule has 1 amide bonds. The third kappa shape index (κ3) is 6.96. The number of anilines is 1. The Kier molecular flexibility index (Phi) is 7.14. The normalized spacial score (nSPS) is 25.9. The van der Waals surface area contributed by atoms with E-state index in [2.05, 4.69) is 10.1 Å². The highest BCUT2D eigenvalue weighted by molar-refractivity contribution is 5.91. The van der Waals surface area contributed by atoms with E-state index in [0.717, 1.165) is 52.2 Å². The first kappa shape index (κ1) is 20.9. The number of nitrogens with one attached hydrogen (secondary N) is 3. The molecule has 6 nitrogen and oxygen atoms in total. The summed E-state index contributed by atoms with van der Waals surface area (Å²) in [4.78, 5) is 15.0. The summed E-state index contributed by atoms with van der Waals surface area (Å²) in [7, 11) is 0. The molecule has 0 spiro atoms. The maximum absolute atomic E-state index is 12.2. The van der Waals surface area contributed by atoms with Gasteiger partial charge < -0.3 is 24.6 Å². The number of alkyl halides is 3. The molecule has 2 aliphatic heterocycles. The van der Waals surface area contributed by atoms with Gasteiger partial charge in [-0.3, -0.25) is 4.79 Å². The highest BCUT2D eigenvalue weighted by atomic mass is 19.4. The molecular formula is C19H28F3N3O3+2. The van der Waals surface area contributed by atoms with Crippen LogP contribution in [-0.4, -0.2) is 64.2 Å². The monoisotopic (exact) mass is 403 g/mol. The lowest BCUT2D eigenvalue weighted by atomic mass is 10.1. The molecule has 0 aromatic heterocycles. The van der Waals surface area contributed by atoms with Crippen LogP contribution in [0.5, 0.6) is 5.75 Å². The van der Waals surface area contributed by atoms with Gasteiger partial charge in [-0.05, 0) is 43.5 Å². The van der Waals surface area contributed by atoms with Crippen LogP contribution in [0.25, 0.3) is 0 Å². The first-order chi connectivity index (χ1) is 13.4. The molecule has 1 atom stereocenters. The number of quaternary nitrogens is 2. The fourth-order valence-electron chi connectivity index (χ4n) is 3.80. The Bertz CT molecular complexity index is 626. The van der Waals surface area contributed by atoms with Crippen molar-refractivity contribution in [1.29, 1.82) is 0 Å². The lowest BCUT2D eigenvalue weighted by molar-refractivity contribution is -1.01. The van der Waals surface area contributed by atoms with Crippen LogP contribution >= 0.6 is 0 Å². The number of hydrogen-bond donors (Lipinski definition) is 3. The predicted octanol–water partition coefficient (Wildman–Crippen LogP) is -0.124. The molecule has 2 aliphatic rings. The standard InChI is InChI=1S/C19H26F3N3O3/c20-19(21,22)28-16-6-4-15(5-7-16)23-18(26)14-25-10-8-24(9-11-25)13-17-3-1-2-12-27-17/h4-7,17H,1-3,8-14H2,(H,23,26)/p+2/t17-/m0/s1. The van der Waals surface area contributed by atoms with Crippen LogP contribution in [-0.2, 0) is 9.53 Å². The number of halogens is 3. The second-order valence-electron chi connectivity index (χ2n) is 7.49. The Hall–Kier alpha value is -1.84. The van der Waals surface area contributed by atoms with Crippen molar-refractivity contribution < 1.29 is 37.2 Å². The van der Waals surface area contributed by atoms with E-state index < -0.39 is 6.36 Å². The molecule has 0 bridgehead atoms. The Morgan fingerprint density at radius 3 is 2.39 bits per heavy atom. The predicted molar refractivity (Wildman–Crippen MR) is 96.5 cm³/mol. The zero-order chi connectivity index (χ0) is 20.0. The number of benzene rings is 1. The first-order valence-corrected chi connectivity index (χ1v) is 9.82. The summed E-state index contributed by atoms with van der Waals surface area (Å²) in [6.07, 6.45) is -0.787. The fraction of sp³-hybridized carbons (Fsp3) is 0.632. The summed E-state index contributed by atoms with van der Waals surface area (Å²) in [5, 5.41) is 2.73. The minimum atomic E-state index is -4.72. The van der Waals surface area contributed by atoms with E-state index in [9.17, 15) is 18.0 Å². The topological polar surface area (TPSA) is 56.4 Å². The van der Waals surface area contributed by atoms with Gasteiger partial charge in [-0.15, -0.1) is 13.2 Å². The van der Waals surface area contributed by atoms with E-state index in [0.29, 0.717) is 18.3 Å². The fourth-order valence-corrected chi connectivity index (χ4v) is 3.80. The van der Waals surface area contributed by atoms with Gasteiger partial charge in [0.05, 0.1) is 0 Å². The van der Waals surface area contributed by atoms with Gasteiger partial charge in [0.25, 0.3) is 5.91 Å². The molecule has 2 heterocycles. The smallest absolute Gasteiger partial charge is 0.406 e. The van der Waals surface area contributed by atoms with E-state index in [1.54, 1.807) is 0 Å². The van der Waals surface area contributed by atoms with Gasteiger partial charge in [-0.1, -0.05) is 0 Å². The molecule has 2 saturated heterocycles. The van der Waals surface area contributed by atoms with E-state index >= 15 is 0 Å². The summed E-state index contributed by atoms with van der Waals surface area (Å²) in [5.41, 5.74) is 0.456. The molecule has 0 unspecified atom stereocenters. The minimum absolute atomic E-state index is 0.140. The Morgan fingerprint density at radius 1 is 1.11 bits per heavy atom. The van der Waals surface area contributed by atoms with Crippen molar-refractivity contribution in [3.05, 3.63) is 24.3 Å². The van der Waals surface area contributed by atoms with Crippen molar-refractivity contribution in [3.63, 3.8) is 0 Å². The molecule has 1 aromatic carbocycles. The number of amides is 1. The molecule has 9 heteroatoms. The van der Waals surface area contributed by atoms with Crippen molar-refractivity contribution >= 4 is 11.6 Å². The maximum atomic E-state index is 12.2. The highest BCUT2D eigenvalue weighted by Crippen LogP contribution is 2.23. The second kappa shape index (κ2) is 9.58. The Balaban J connectivity index is 1.37. The summed E-state index contributed by atoms with van der Waals surface area (Å²) in [5.74, 6) is -0.448. The average molecular weight is 403 g/mol. The molecular weight excluding hydrogens is 375 g/mol. The van der Waals surface area contributed by atoms with Crippen molar-refractivity contribution in [2.24, 2.45) is 0 Å². The number of ether oxygens (including phenoxy) is 2. The summed E-state index contributed by atoms with van der Waals surface area (Å²) < 4.78 is 46.1. The summed E-state index contributed by atoms with van der Waals surface area (Å²) in [6.45, 7) is 6.16. The third-order valence-electron chi connectivity index (χ3n) is 5.24. The van der Waals surface area contributed by atoms with Gasteiger partial charge in [0, 0.05) is 12.3 Å². The molecule has 28 heavy (non-hydrogen) atoms. The molecule has 156 valence electrons. The SMILES string of the molecule is O=C(C[NH+]1CC[NH+](C[C@@H]2CCCCO2)CC1)Nc1ccc(OC(F)(F)F)cc1. The highest BCUT2D eigenvalue weighted by Gasteiger charge is 2.31. The molecule has 0 radical (unpaired) electrons. The molecule has 1 aromatic rings. The lowest BCUT2D eigenvalue weighted by Crippen LogP contribution is -3.28. The van der Waals surface area contributed by atoms with Crippen molar-refractivity contribution in [2.45, 2.75) is 31.7 Å². The molecule has 2 fully saturated rings. The zero-order valence-corrected chi connectivity index (χ0v) is 15.8. The van der Waals surface area contributed by atoms with Gasteiger partial charge >= 0.3 is 6.36 Å². The van der Waals surface area contributed by atoms with Gasteiger partial charge in [0.15, 0.2) is 6.54 Å². The maximum Gasteiger partial charge on any atom is 0.573 e. The van der Waals surface area contributed by atoms with E-state index in [4.69, 9.17) is 4.74 Å². The quantitative estimate of drug-likeness (QED) is 0.621. The van der Waals surface area contributed by atoms with Crippen LogP contribution in [0.1, 0.15) is 19.3 Å². The van der Waals surface area contributed by atoms with Gasteiger partial charge in [0.2, 0.25) is 0 Å². The number of rotatable bonds is 6. The van der Waals surface area contributed by atoms with Crippen LogP contribution < -0.4 is 19.9 Å². The average Bonchev–Trinajstić information content (AvgIpc) is 2.65. The third-order valence-corrected chi connectivity index (χ3v) is 5.24. The van der Waals surface area contributed by atoms with Gasteiger partial charge in [-0.25, -0.2) is 0 Å².